The topological polar surface area (TPSA) is 59.3 Å². The Bertz CT molecular complexity index is 480. The van der Waals surface area contributed by atoms with E-state index in [0.29, 0.717) is 23.5 Å². The smallest absolute Gasteiger partial charge is 0.310 e. The number of benzene rings is 1. The van der Waals surface area contributed by atoms with E-state index in [2.05, 4.69) is 0 Å². The van der Waals surface area contributed by atoms with E-state index in [4.69, 9.17) is 26.3 Å². The van der Waals surface area contributed by atoms with Crippen molar-refractivity contribution in [3.05, 3.63) is 28.8 Å². The lowest BCUT2D eigenvalue weighted by Crippen LogP contribution is -2.09. The number of carbonyl (C=O) groups is 1. The number of nitrogens with zero attached hydrogens (tertiary/aromatic N) is 1. The maximum Gasteiger partial charge on any atom is 0.310 e. The SMILES string of the molecule is CCOC(=O)Cc1cc(C#N)c(OC)cc1CCl. The molecule has 0 heterocycles. The van der Waals surface area contributed by atoms with Crippen LogP contribution in [-0.4, -0.2) is 19.7 Å². The third kappa shape index (κ3) is 3.38. The van der Waals surface area contributed by atoms with Crippen LogP contribution in [0.5, 0.6) is 5.75 Å². The molecule has 18 heavy (non-hydrogen) atoms. The molecule has 0 saturated carbocycles. The summed E-state index contributed by atoms with van der Waals surface area (Å²) < 4.78 is 9.97. The van der Waals surface area contributed by atoms with E-state index >= 15 is 0 Å². The molecule has 4 nitrogen and oxygen atoms in total. The first-order chi connectivity index (χ1) is 8.65. The quantitative estimate of drug-likeness (QED) is 0.607. The van der Waals surface area contributed by atoms with Crippen molar-refractivity contribution < 1.29 is 14.3 Å². The van der Waals surface area contributed by atoms with E-state index in [-0.39, 0.29) is 18.3 Å². The minimum Gasteiger partial charge on any atom is -0.495 e. The van der Waals surface area contributed by atoms with Gasteiger partial charge in [0.1, 0.15) is 11.8 Å². The number of ether oxygens (including phenoxy) is 2. The fourth-order valence-electron chi connectivity index (χ4n) is 1.58. The van der Waals surface area contributed by atoms with E-state index in [1.54, 1.807) is 19.1 Å². The molecule has 0 radical (unpaired) electrons. The van der Waals surface area contributed by atoms with E-state index in [1.807, 2.05) is 6.07 Å². The predicted octanol–water partition coefficient (Wildman–Crippen LogP) is 2.41. The molecule has 0 atom stereocenters. The maximum atomic E-state index is 11.5. The number of esters is 1. The van der Waals surface area contributed by atoms with Crippen molar-refractivity contribution in [1.29, 1.82) is 5.26 Å². The third-order valence-electron chi connectivity index (χ3n) is 2.43. The van der Waals surface area contributed by atoms with Gasteiger partial charge in [-0.25, -0.2) is 0 Å². The summed E-state index contributed by atoms with van der Waals surface area (Å²) in [5.41, 5.74) is 1.84. The minimum absolute atomic E-state index is 0.106. The Labute approximate surface area is 111 Å². The molecular formula is C13H14ClNO3. The molecule has 0 aliphatic rings. The van der Waals surface area contributed by atoms with Crippen molar-refractivity contribution in [3.63, 3.8) is 0 Å². The Morgan fingerprint density at radius 3 is 2.67 bits per heavy atom. The summed E-state index contributed by atoms with van der Waals surface area (Å²) in [6.45, 7) is 2.07. The molecule has 0 N–H and O–H groups in total. The summed E-state index contributed by atoms with van der Waals surface area (Å²) in [6.07, 6.45) is 0.106. The van der Waals surface area contributed by atoms with Gasteiger partial charge in [0.25, 0.3) is 0 Å². The van der Waals surface area contributed by atoms with Crippen molar-refractivity contribution >= 4 is 17.6 Å². The molecule has 0 amide bonds. The molecule has 0 bridgehead atoms. The molecule has 0 fully saturated rings. The number of alkyl halides is 1. The monoisotopic (exact) mass is 267 g/mol. The van der Waals surface area contributed by atoms with Gasteiger partial charge in [-0.3, -0.25) is 4.79 Å². The van der Waals surface area contributed by atoms with Crippen LogP contribution in [0, 0.1) is 11.3 Å². The van der Waals surface area contributed by atoms with E-state index in [1.165, 1.54) is 7.11 Å². The zero-order valence-electron chi connectivity index (χ0n) is 10.3. The van der Waals surface area contributed by atoms with Crippen molar-refractivity contribution in [1.82, 2.24) is 0 Å². The van der Waals surface area contributed by atoms with E-state index < -0.39 is 0 Å². The molecule has 96 valence electrons. The lowest BCUT2D eigenvalue weighted by molar-refractivity contribution is -0.142. The Kier molecular flexibility index (Phi) is 5.47. The Morgan fingerprint density at radius 1 is 1.44 bits per heavy atom. The Balaban J connectivity index is 3.10. The molecule has 0 unspecified atom stereocenters. The van der Waals surface area contributed by atoms with Gasteiger partial charge in [-0.05, 0) is 30.2 Å². The van der Waals surface area contributed by atoms with E-state index in [0.717, 1.165) is 5.56 Å². The first-order valence-electron chi connectivity index (χ1n) is 5.47. The summed E-state index contributed by atoms with van der Waals surface area (Å²) >= 11 is 5.83. The zero-order chi connectivity index (χ0) is 13.5. The normalized spacial score (nSPS) is 9.67. The minimum atomic E-state index is -0.335. The molecule has 0 aliphatic carbocycles. The highest BCUT2D eigenvalue weighted by atomic mass is 35.5. The Hall–Kier alpha value is -1.73. The van der Waals surface area contributed by atoms with Crippen LogP contribution in [0.1, 0.15) is 23.6 Å². The lowest BCUT2D eigenvalue weighted by Gasteiger charge is -2.10. The number of hydrogen-bond donors (Lipinski definition) is 0. The molecular weight excluding hydrogens is 254 g/mol. The van der Waals surface area contributed by atoms with Crippen LogP contribution in [-0.2, 0) is 21.8 Å². The number of halogens is 1. The number of hydrogen-bond acceptors (Lipinski definition) is 4. The molecule has 0 aliphatic heterocycles. The summed E-state index contributed by atoms with van der Waals surface area (Å²) in [5.74, 6) is 0.371. The summed E-state index contributed by atoms with van der Waals surface area (Å²) in [5, 5.41) is 9.00. The average Bonchev–Trinajstić information content (AvgIpc) is 2.38. The van der Waals surface area contributed by atoms with Gasteiger partial charge in [0.15, 0.2) is 0 Å². The van der Waals surface area contributed by atoms with Crippen LogP contribution in [0.15, 0.2) is 12.1 Å². The number of methoxy groups -OCH3 is 1. The van der Waals surface area contributed by atoms with Gasteiger partial charge in [0, 0.05) is 5.88 Å². The summed E-state index contributed by atoms with van der Waals surface area (Å²) in [7, 11) is 1.49. The average molecular weight is 268 g/mol. The highest BCUT2D eigenvalue weighted by Crippen LogP contribution is 2.25. The second-order valence-electron chi connectivity index (χ2n) is 3.55. The van der Waals surface area contributed by atoms with Crippen LogP contribution < -0.4 is 4.74 Å². The first-order valence-corrected chi connectivity index (χ1v) is 6.01. The molecule has 1 aromatic rings. The predicted molar refractivity (Wildman–Crippen MR) is 67.6 cm³/mol. The second-order valence-corrected chi connectivity index (χ2v) is 3.82. The highest BCUT2D eigenvalue weighted by Gasteiger charge is 2.13. The van der Waals surface area contributed by atoms with Gasteiger partial charge in [0.2, 0.25) is 0 Å². The third-order valence-corrected chi connectivity index (χ3v) is 2.71. The molecule has 0 saturated heterocycles. The van der Waals surface area contributed by atoms with Gasteiger partial charge in [-0.2, -0.15) is 5.26 Å². The number of carbonyl (C=O) groups excluding carboxylic acids is 1. The fourth-order valence-corrected chi connectivity index (χ4v) is 1.83. The summed E-state index contributed by atoms with van der Waals surface area (Å²) in [4.78, 5) is 11.5. The van der Waals surface area contributed by atoms with Gasteiger partial charge >= 0.3 is 5.97 Å². The van der Waals surface area contributed by atoms with Gasteiger partial charge in [0.05, 0.1) is 25.7 Å². The molecule has 1 rings (SSSR count). The van der Waals surface area contributed by atoms with Crippen molar-refractivity contribution in [2.75, 3.05) is 13.7 Å². The van der Waals surface area contributed by atoms with Crippen LogP contribution in [0.4, 0.5) is 0 Å². The van der Waals surface area contributed by atoms with Crippen LogP contribution in [0.3, 0.4) is 0 Å². The van der Waals surface area contributed by atoms with Gasteiger partial charge in [-0.15, -0.1) is 11.6 Å². The second kappa shape index (κ2) is 6.87. The van der Waals surface area contributed by atoms with E-state index in [9.17, 15) is 4.79 Å². The molecule has 0 spiro atoms. The van der Waals surface area contributed by atoms with Gasteiger partial charge in [-0.1, -0.05) is 0 Å². The zero-order valence-corrected chi connectivity index (χ0v) is 11.1. The molecule has 5 heteroatoms. The van der Waals surface area contributed by atoms with Crippen LogP contribution in [0.2, 0.25) is 0 Å². The molecule has 1 aromatic carbocycles. The standard InChI is InChI=1S/C13H14ClNO3/c1-3-18-13(16)6-9-4-11(8-15)12(17-2)5-10(9)7-14/h4-5H,3,6-7H2,1-2H3. The maximum absolute atomic E-state index is 11.5. The van der Waals surface area contributed by atoms with Crippen molar-refractivity contribution in [2.24, 2.45) is 0 Å². The summed E-state index contributed by atoms with van der Waals surface area (Å²) in [6, 6.07) is 5.32. The number of rotatable bonds is 5. The molecule has 0 aromatic heterocycles. The number of nitriles is 1. The van der Waals surface area contributed by atoms with Crippen molar-refractivity contribution in [2.45, 2.75) is 19.2 Å². The van der Waals surface area contributed by atoms with Crippen LogP contribution in [0.25, 0.3) is 0 Å². The lowest BCUT2D eigenvalue weighted by atomic mass is 10.0. The van der Waals surface area contributed by atoms with Gasteiger partial charge < -0.3 is 9.47 Å². The largest absolute Gasteiger partial charge is 0.495 e. The first kappa shape index (κ1) is 14.3. The fraction of sp³-hybridized carbons (Fsp3) is 0.385. The Morgan fingerprint density at radius 2 is 2.17 bits per heavy atom. The highest BCUT2D eigenvalue weighted by molar-refractivity contribution is 6.17. The van der Waals surface area contributed by atoms with Crippen molar-refractivity contribution in [3.8, 4) is 11.8 Å². The van der Waals surface area contributed by atoms with Crippen LogP contribution >= 0.6 is 11.6 Å².